The Balaban J connectivity index is 1.79. The number of piperazine rings is 1. The number of hydrogen-bond donors (Lipinski definition) is 1. The van der Waals surface area contributed by atoms with Crippen molar-refractivity contribution in [2.75, 3.05) is 43.0 Å². The average Bonchev–Trinajstić information content (AvgIpc) is 2.79. The van der Waals surface area contributed by atoms with E-state index in [2.05, 4.69) is 10.2 Å². The number of carbonyl (C=O) groups is 3. The van der Waals surface area contributed by atoms with Gasteiger partial charge in [0.15, 0.2) is 0 Å². The highest BCUT2D eigenvalue weighted by molar-refractivity contribution is 6.00. The Labute approximate surface area is 189 Å². The minimum absolute atomic E-state index is 0.0177. The highest BCUT2D eigenvalue weighted by Crippen LogP contribution is 2.30. The summed E-state index contributed by atoms with van der Waals surface area (Å²) in [6.45, 7) is 9.93. The van der Waals surface area contributed by atoms with E-state index in [4.69, 9.17) is 4.74 Å². The zero-order chi connectivity index (χ0) is 23.3. The quantitative estimate of drug-likeness (QED) is 0.720. The van der Waals surface area contributed by atoms with Gasteiger partial charge in [-0.2, -0.15) is 0 Å². The first-order valence-electron chi connectivity index (χ1n) is 10.9. The van der Waals surface area contributed by atoms with E-state index in [1.165, 1.54) is 0 Å². The zero-order valence-electron chi connectivity index (χ0n) is 19.2. The number of anilines is 2. The van der Waals surface area contributed by atoms with Crippen LogP contribution in [0.3, 0.4) is 0 Å². The summed E-state index contributed by atoms with van der Waals surface area (Å²) in [4.78, 5) is 41.6. The van der Waals surface area contributed by atoms with E-state index >= 15 is 0 Å². The van der Waals surface area contributed by atoms with Gasteiger partial charge >= 0.3 is 5.97 Å². The van der Waals surface area contributed by atoms with Gasteiger partial charge in [0.25, 0.3) is 5.91 Å². The van der Waals surface area contributed by atoms with Crippen LogP contribution in [0.2, 0.25) is 0 Å². The first kappa shape index (κ1) is 23.3. The first-order chi connectivity index (χ1) is 15.2. The predicted molar refractivity (Wildman–Crippen MR) is 125 cm³/mol. The van der Waals surface area contributed by atoms with Crippen LogP contribution in [-0.2, 0) is 9.53 Å². The lowest BCUT2D eigenvalue weighted by molar-refractivity contribution is -0.123. The van der Waals surface area contributed by atoms with E-state index in [0.717, 1.165) is 5.69 Å². The van der Waals surface area contributed by atoms with Crippen LogP contribution < -0.4 is 10.2 Å². The standard InChI is InChI=1S/C25H31N3O4/c1-5-32-23(30)19-11-12-21(20(17-19)26-24(31)25(2,3)4)27-13-15-28(16-14-27)22(29)18-9-7-6-8-10-18/h6-12,17H,5,13-16H2,1-4H3,(H,26,31). The van der Waals surface area contributed by atoms with E-state index in [9.17, 15) is 14.4 Å². The molecule has 0 saturated carbocycles. The van der Waals surface area contributed by atoms with Gasteiger partial charge < -0.3 is 19.9 Å². The fourth-order valence-corrected chi connectivity index (χ4v) is 3.48. The summed E-state index contributed by atoms with van der Waals surface area (Å²) in [5.74, 6) is -0.551. The van der Waals surface area contributed by atoms with Gasteiger partial charge in [0.1, 0.15) is 0 Å². The lowest BCUT2D eigenvalue weighted by atomic mass is 9.95. The maximum atomic E-state index is 12.7. The first-order valence-corrected chi connectivity index (χ1v) is 10.9. The summed E-state index contributed by atoms with van der Waals surface area (Å²) in [6.07, 6.45) is 0. The normalized spacial score (nSPS) is 14.1. The van der Waals surface area contributed by atoms with E-state index < -0.39 is 11.4 Å². The Morgan fingerprint density at radius 1 is 0.938 bits per heavy atom. The molecule has 0 atom stereocenters. The molecule has 0 bridgehead atoms. The topological polar surface area (TPSA) is 79.0 Å². The van der Waals surface area contributed by atoms with Crippen LogP contribution in [0.1, 0.15) is 48.4 Å². The molecule has 7 nitrogen and oxygen atoms in total. The van der Waals surface area contributed by atoms with Crippen molar-refractivity contribution in [2.45, 2.75) is 27.7 Å². The van der Waals surface area contributed by atoms with Gasteiger partial charge in [0, 0.05) is 37.2 Å². The Hall–Kier alpha value is -3.35. The number of nitrogens with zero attached hydrogens (tertiary/aromatic N) is 2. The Morgan fingerprint density at radius 3 is 2.19 bits per heavy atom. The van der Waals surface area contributed by atoms with Crippen molar-refractivity contribution in [3.8, 4) is 0 Å². The lowest BCUT2D eigenvalue weighted by Gasteiger charge is -2.37. The van der Waals surface area contributed by atoms with Crippen molar-refractivity contribution in [3.63, 3.8) is 0 Å². The summed E-state index contributed by atoms with van der Waals surface area (Å²) >= 11 is 0. The highest BCUT2D eigenvalue weighted by atomic mass is 16.5. The zero-order valence-corrected chi connectivity index (χ0v) is 19.2. The minimum Gasteiger partial charge on any atom is -0.462 e. The van der Waals surface area contributed by atoms with Crippen molar-refractivity contribution < 1.29 is 19.1 Å². The number of rotatable bonds is 5. The van der Waals surface area contributed by atoms with Gasteiger partial charge in [0.2, 0.25) is 5.91 Å². The second kappa shape index (κ2) is 9.85. The van der Waals surface area contributed by atoms with Crippen molar-refractivity contribution in [2.24, 2.45) is 5.41 Å². The summed E-state index contributed by atoms with van der Waals surface area (Å²) in [5, 5.41) is 2.98. The molecule has 1 aliphatic rings. The largest absolute Gasteiger partial charge is 0.462 e. The Bertz CT molecular complexity index is 974. The van der Waals surface area contributed by atoms with Crippen LogP contribution >= 0.6 is 0 Å². The number of esters is 1. The lowest BCUT2D eigenvalue weighted by Crippen LogP contribution is -2.49. The Kier molecular flexibility index (Phi) is 7.18. The molecule has 1 aliphatic heterocycles. The molecular formula is C25H31N3O4. The van der Waals surface area contributed by atoms with Crippen LogP contribution in [0.5, 0.6) is 0 Å². The number of carbonyl (C=O) groups excluding carboxylic acids is 3. The predicted octanol–water partition coefficient (Wildman–Crippen LogP) is 3.81. The Morgan fingerprint density at radius 2 is 1.59 bits per heavy atom. The second-order valence-corrected chi connectivity index (χ2v) is 8.80. The summed E-state index contributed by atoms with van der Waals surface area (Å²) < 4.78 is 5.11. The summed E-state index contributed by atoms with van der Waals surface area (Å²) in [6, 6.07) is 14.5. The number of amides is 2. The average molecular weight is 438 g/mol. The van der Waals surface area contributed by atoms with Crippen molar-refractivity contribution in [1.82, 2.24) is 4.90 Å². The molecule has 1 fully saturated rings. The van der Waals surface area contributed by atoms with Crippen molar-refractivity contribution in [3.05, 3.63) is 59.7 Å². The number of hydrogen-bond acceptors (Lipinski definition) is 5. The monoisotopic (exact) mass is 437 g/mol. The molecule has 2 aromatic rings. The molecular weight excluding hydrogens is 406 g/mol. The second-order valence-electron chi connectivity index (χ2n) is 8.80. The molecule has 32 heavy (non-hydrogen) atoms. The molecule has 3 rings (SSSR count). The van der Waals surface area contributed by atoms with Gasteiger partial charge in [0.05, 0.1) is 23.5 Å². The van der Waals surface area contributed by atoms with Crippen LogP contribution in [0.15, 0.2) is 48.5 Å². The van der Waals surface area contributed by atoms with Gasteiger partial charge in [-0.3, -0.25) is 9.59 Å². The molecule has 0 unspecified atom stereocenters. The smallest absolute Gasteiger partial charge is 0.338 e. The molecule has 0 radical (unpaired) electrons. The minimum atomic E-state index is -0.585. The molecule has 0 aliphatic carbocycles. The number of benzene rings is 2. The van der Waals surface area contributed by atoms with E-state index in [-0.39, 0.29) is 18.4 Å². The van der Waals surface area contributed by atoms with E-state index in [1.54, 1.807) is 19.1 Å². The van der Waals surface area contributed by atoms with E-state index in [1.807, 2.05) is 62.1 Å². The SMILES string of the molecule is CCOC(=O)c1ccc(N2CCN(C(=O)c3ccccc3)CC2)c(NC(=O)C(C)(C)C)c1. The third-order valence-corrected chi connectivity index (χ3v) is 5.37. The van der Waals surface area contributed by atoms with E-state index in [0.29, 0.717) is 43.0 Å². The third-order valence-electron chi connectivity index (χ3n) is 5.37. The fourth-order valence-electron chi connectivity index (χ4n) is 3.48. The van der Waals surface area contributed by atoms with Gasteiger partial charge in [-0.05, 0) is 37.3 Å². The third kappa shape index (κ3) is 5.46. The van der Waals surface area contributed by atoms with Crippen molar-refractivity contribution in [1.29, 1.82) is 0 Å². The summed E-state index contributed by atoms with van der Waals surface area (Å²) in [5.41, 5.74) is 1.87. The molecule has 1 saturated heterocycles. The van der Waals surface area contributed by atoms with Crippen LogP contribution in [0.25, 0.3) is 0 Å². The number of nitrogens with one attached hydrogen (secondary N) is 1. The molecule has 1 N–H and O–H groups in total. The van der Waals surface area contributed by atoms with Gasteiger partial charge in [-0.1, -0.05) is 39.0 Å². The molecule has 170 valence electrons. The van der Waals surface area contributed by atoms with Crippen LogP contribution in [0.4, 0.5) is 11.4 Å². The summed E-state index contributed by atoms with van der Waals surface area (Å²) in [7, 11) is 0. The number of ether oxygens (including phenoxy) is 1. The molecule has 0 aromatic heterocycles. The van der Waals surface area contributed by atoms with Gasteiger partial charge in [-0.15, -0.1) is 0 Å². The van der Waals surface area contributed by atoms with Crippen LogP contribution in [-0.4, -0.2) is 55.5 Å². The molecule has 2 amide bonds. The molecule has 7 heteroatoms. The maximum absolute atomic E-state index is 12.7. The van der Waals surface area contributed by atoms with Gasteiger partial charge in [-0.25, -0.2) is 4.79 Å². The fraction of sp³-hybridized carbons (Fsp3) is 0.400. The molecule has 2 aromatic carbocycles. The van der Waals surface area contributed by atoms with Crippen molar-refractivity contribution >= 4 is 29.2 Å². The molecule has 0 spiro atoms. The maximum Gasteiger partial charge on any atom is 0.338 e. The molecule has 1 heterocycles. The highest BCUT2D eigenvalue weighted by Gasteiger charge is 2.27. The van der Waals surface area contributed by atoms with Crippen LogP contribution in [0, 0.1) is 5.41 Å².